The highest BCUT2D eigenvalue weighted by Crippen LogP contribution is 2.17. The van der Waals surface area contributed by atoms with E-state index in [2.05, 4.69) is 10.6 Å². The number of carbonyl (C=O) groups is 2. The summed E-state index contributed by atoms with van der Waals surface area (Å²) < 4.78 is 15.0. The highest BCUT2D eigenvalue weighted by molar-refractivity contribution is 5.94. The number of benzene rings is 3. The van der Waals surface area contributed by atoms with Gasteiger partial charge in [-0.25, -0.2) is 9.37 Å². The molecule has 0 saturated carbocycles. The second-order valence-electron chi connectivity index (χ2n) is 7.73. The Kier molecular flexibility index (Phi) is 7.09. The number of aromatic nitrogens is 2. The van der Waals surface area contributed by atoms with E-state index < -0.39 is 0 Å². The van der Waals surface area contributed by atoms with Gasteiger partial charge in [-0.1, -0.05) is 42.5 Å². The van der Waals surface area contributed by atoms with Crippen LogP contribution in [0.25, 0.3) is 11.0 Å². The molecule has 2 amide bonds. The highest BCUT2D eigenvalue weighted by Gasteiger charge is 2.14. The average molecular weight is 445 g/mol. The van der Waals surface area contributed by atoms with Gasteiger partial charge in [-0.05, 0) is 48.4 Å². The number of halogens is 1. The van der Waals surface area contributed by atoms with Gasteiger partial charge < -0.3 is 15.2 Å². The van der Waals surface area contributed by atoms with E-state index in [1.165, 1.54) is 12.1 Å². The lowest BCUT2D eigenvalue weighted by Crippen LogP contribution is -2.28. The van der Waals surface area contributed by atoms with Gasteiger partial charge in [-0.3, -0.25) is 9.59 Å². The molecule has 6 nitrogen and oxygen atoms in total. The van der Waals surface area contributed by atoms with Crippen molar-refractivity contribution >= 4 is 22.8 Å². The lowest BCUT2D eigenvalue weighted by atomic mass is 10.2. The molecule has 0 aliphatic rings. The Morgan fingerprint density at radius 3 is 2.39 bits per heavy atom. The Hall–Kier alpha value is -4.00. The molecule has 0 aliphatic carbocycles. The summed E-state index contributed by atoms with van der Waals surface area (Å²) in [5, 5.41) is 5.81. The zero-order chi connectivity index (χ0) is 23.0. The van der Waals surface area contributed by atoms with Gasteiger partial charge in [0.2, 0.25) is 5.91 Å². The van der Waals surface area contributed by atoms with E-state index in [0.29, 0.717) is 31.5 Å². The summed E-state index contributed by atoms with van der Waals surface area (Å²) in [6, 6.07) is 22.8. The minimum atomic E-state index is -0.306. The fourth-order valence-electron chi connectivity index (χ4n) is 3.64. The van der Waals surface area contributed by atoms with E-state index >= 15 is 0 Å². The van der Waals surface area contributed by atoms with Gasteiger partial charge >= 0.3 is 0 Å². The molecule has 3 aromatic carbocycles. The molecule has 0 bridgehead atoms. The molecule has 33 heavy (non-hydrogen) atoms. The molecular weight excluding hydrogens is 419 g/mol. The number of nitrogens with one attached hydrogen (secondary N) is 2. The smallest absolute Gasteiger partial charge is 0.251 e. The van der Waals surface area contributed by atoms with Gasteiger partial charge in [-0.2, -0.15) is 0 Å². The van der Waals surface area contributed by atoms with Crippen LogP contribution in [0.2, 0.25) is 0 Å². The zero-order valence-corrected chi connectivity index (χ0v) is 18.1. The molecular formula is C26H25FN4O2. The molecule has 7 heteroatoms. The van der Waals surface area contributed by atoms with E-state index in [9.17, 15) is 14.0 Å². The number of para-hydroxylation sites is 2. The average Bonchev–Trinajstić information content (AvgIpc) is 3.19. The predicted octanol–water partition coefficient (Wildman–Crippen LogP) is 3.85. The number of hydrogen-bond acceptors (Lipinski definition) is 3. The first kappa shape index (κ1) is 22.2. The number of hydrogen-bond donors (Lipinski definition) is 2. The molecule has 1 aromatic heterocycles. The molecule has 0 unspecified atom stereocenters. The molecule has 0 spiro atoms. The van der Waals surface area contributed by atoms with Crippen molar-refractivity contribution in [2.24, 2.45) is 0 Å². The van der Waals surface area contributed by atoms with Crippen molar-refractivity contribution in [1.29, 1.82) is 0 Å². The Balaban J connectivity index is 1.37. The van der Waals surface area contributed by atoms with E-state index in [4.69, 9.17) is 4.98 Å². The van der Waals surface area contributed by atoms with Crippen molar-refractivity contribution in [1.82, 2.24) is 20.2 Å². The first-order valence-electron chi connectivity index (χ1n) is 10.9. The van der Waals surface area contributed by atoms with E-state index in [-0.39, 0.29) is 24.2 Å². The number of amides is 2. The lowest BCUT2D eigenvalue weighted by molar-refractivity contribution is -0.121. The summed E-state index contributed by atoms with van der Waals surface area (Å²) in [4.78, 5) is 29.5. The van der Waals surface area contributed by atoms with Crippen molar-refractivity contribution in [3.05, 3.63) is 102 Å². The van der Waals surface area contributed by atoms with Crippen LogP contribution in [0.3, 0.4) is 0 Å². The number of imidazole rings is 1. The summed E-state index contributed by atoms with van der Waals surface area (Å²) >= 11 is 0. The standard InChI is InChI=1S/C26H25FN4O2/c27-21-14-12-19(13-15-21)17-29-25(32)18-31-23-10-5-4-9-22(23)30-24(31)11-6-16-28-26(33)20-7-2-1-3-8-20/h1-5,7-10,12-15H,6,11,16-18H2,(H,28,33)(H,29,32). The van der Waals surface area contributed by atoms with Crippen LogP contribution in [-0.4, -0.2) is 27.9 Å². The van der Waals surface area contributed by atoms with Gasteiger partial charge in [0, 0.05) is 25.1 Å². The van der Waals surface area contributed by atoms with Crippen LogP contribution in [-0.2, 0) is 24.3 Å². The SMILES string of the molecule is O=C(Cn1c(CCCNC(=O)c2ccccc2)nc2ccccc21)NCc1ccc(F)cc1. The molecule has 4 rings (SSSR count). The van der Waals surface area contributed by atoms with Gasteiger partial charge in [0.1, 0.15) is 18.2 Å². The Bertz CT molecular complexity index is 1240. The second kappa shape index (κ2) is 10.5. The van der Waals surface area contributed by atoms with Crippen LogP contribution in [0.1, 0.15) is 28.2 Å². The van der Waals surface area contributed by atoms with Gasteiger partial charge in [0.15, 0.2) is 0 Å². The number of rotatable bonds is 9. The lowest BCUT2D eigenvalue weighted by Gasteiger charge is -2.11. The largest absolute Gasteiger partial charge is 0.352 e. The summed E-state index contributed by atoms with van der Waals surface area (Å²) in [6.07, 6.45) is 1.31. The maximum Gasteiger partial charge on any atom is 0.251 e. The molecule has 0 atom stereocenters. The van der Waals surface area contributed by atoms with Crippen molar-refractivity contribution < 1.29 is 14.0 Å². The molecule has 4 aromatic rings. The number of carbonyl (C=O) groups excluding carboxylic acids is 2. The third-order valence-electron chi connectivity index (χ3n) is 5.34. The molecule has 0 fully saturated rings. The maximum atomic E-state index is 13.1. The quantitative estimate of drug-likeness (QED) is 0.385. The topological polar surface area (TPSA) is 76.0 Å². The van der Waals surface area contributed by atoms with E-state index in [1.54, 1.807) is 24.3 Å². The number of fused-ring (bicyclic) bond motifs is 1. The Morgan fingerprint density at radius 2 is 1.61 bits per heavy atom. The third-order valence-corrected chi connectivity index (χ3v) is 5.34. The van der Waals surface area contributed by atoms with Crippen molar-refractivity contribution in [2.45, 2.75) is 25.9 Å². The normalized spacial score (nSPS) is 10.8. The van der Waals surface area contributed by atoms with Crippen LogP contribution < -0.4 is 10.6 Å². The van der Waals surface area contributed by atoms with Gasteiger partial charge in [-0.15, -0.1) is 0 Å². The van der Waals surface area contributed by atoms with Crippen molar-refractivity contribution in [3.63, 3.8) is 0 Å². The van der Waals surface area contributed by atoms with E-state index in [1.807, 2.05) is 47.0 Å². The van der Waals surface area contributed by atoms with Crippen LogP contribution >= 0.6 is 0 Å². The fourth-order valence-corrected chi connectivity index (χ4v) is 3.64. The van der Waals surface area contributed by atoms with E-state index in [0.717, 1.165) is 22.4 Å². The summed E-state index contributed by atoms with van der Waals surface area (Å²) in [5.41, 5.74) is 3.17. The van der Waals surface area contributed by atoms with Crippen LogP contribution in [0.15, 0.2) is 78.9 Å². The number of nitrogens with zero attached hydrogens (tertiary/aromatic N) is 2. The molecule has 0 saturated heterocycles. The molecule has 0 aliphatic heterocycles. The van der Waals surface area contributed by atoms with Crippen molar-refractivity contribution in [3.8, 4) is 0 Å². The minimum absolute atomic E-state index is 0.107. The van der Waals surface area contributed by atoms with Crippen LogP contribution in [0.4, 0.5) is 4.39 Å². The first-order valence-corrected chi connectivity index (χ1v) is 10.9. The van der Waals surface area contributed by atoms with Crippen molar-refractivity contribution in [2.75, 3.05) is 6.54 Å². The molecule has 0 radical (unpaired) electrons. The summed E-state index contributed by atoms with van der Waals surface area (Å²) in [5.74, 6) is 0.229. The third kappa shape index (κ3) is 5.83. The minimum Gasteiger partial charge on any atom is -0.352 e. The maximum absolute atomic E-state index is 13.1. The monoisotopic (exact) mass is 444 g/mol. The molecule has 168 valence electrons. The second-order valence-corrected chi connectivity index (χ2v) is 7.73. The summed E-state index contributed by atoms with van der Waals surface area (Å²) in [7, 11) is 0. The molecule has 1 heterocycles. The highest BCUT2D eigenvalue weighted by atomic mass is 19.1. The molecule has 2 N–H and O–H groups in total. The first-order chi connectivity index (χ1) is 16.1. The number of aryl methyl sites for hydroxylation is 1. The van der Waals surface area contributed by atoms with Gasteiger partial charge in [0.25, 0.3) is 5.91 Å². The van der Waals surface area contributed by atoms with Crippen LogP contribution in [0, 0.1) is 5.82 Å². The summed E-state index contributed by atoms with van der Waals surface area (Å²) in [6.45, 7) is 0.966. The Labute approximate surface area is 191 Å². The predicted molar refractivity (Wildman–Crippen MR) is 125 cm³/mol. The van der Waals surface area contributed by atoms with Gasteiger partial charge in [0.05, 0.1) is 11.0 Å². The van der Waals surface area contributed by atoms with Crippen LogP contribution in [0.5, 0.6) is 0 Å². The fraction of sp³-hybridized carbons (Fsp3) is 0.192. The zero-order valence-electron chi connectivity index (χ0n) is 18.1. The Morgan fingerprint density at radius 1 is 0.879 bits per heavy atom.